The number of aryl methyl sites for hydroxylation is 1. The fourth-order valence-electron chi connectivity index (χ4n) is 4.34. The van der Waals surface area contributed by atoms with Crippen LogP contribution in [0.15, 0.2) is 55.9 Å². The molecule has 172 valence electrons. The fraction of sp³-hybridized carbons (Fsp3) is 0.318. The number of rotatable bonds is 5. The van der Waals surface area contributed by atoms with Crippen LogP contribution >= 0.6 is 11.6 Å². The van der Waals surface area contributed by atoms with Gasteiger partial charge in [0.05, 0.1) is 37.4 Å². The topological polar surface area (TPSA) is 127 Å². The first kappa shape index (κ1) is 21.7. The minimum atomic E-state index is -4.15. The Bertz CT molecular complexity index is 1670. The molecule has 0 radical (unpaired) electrons. The second-order valence-electron chi connectivity index (χ2n) is 9.11. The molecule has 5 rings (SSSR count). The monoisotopic (exact) mass is 488 g/mol. The highest BCUT2D eigenvalue weighted by atomic mass is 35.5. The third-order valence-corrected chi connectivity index (χ3v) is 8.68. The first-order chi connectivity index (χ1) is 15.5. The minimum absolute atomic E-state index is 0.0128. The van der Waals surface area contributed by atoms with Crippen LogP contribution in [-0.2, 0) is 16.4 Å². The van der Waals surface area contributed by atoms with E-state index in [9.17, 15) is 23.2 Å². The Balaban J connectivity index is 1.62. The van der Waals surface area contributed by atoms with E-state index in [-0.39, 0.29) is 30.4 Å². The van der Waals surface area contributed by atoms with E-state index in [4.69, 9.17) is 11.6 Å². The highest BCUT2D eigenvalue weighted by Crippen LogP contribution is 2.53. The highest BCUT2D eigenvalue weighted by molar-refractivity contribution is 7.91. The summed E-state index contributed by atoms with van der Waals surface area (Å²) in [4.78, 5) is 26.2. The number of H-pyrrole nitrogens is 1. The van der Waals surface area contributed by atoms with Crippen LogP contribution in [-0.4, -0.2) is 33.1 Å². The van der Waals surface area contributed by atoms with Crippen LogP contribution in [0.1, 0.15) is 26.7 Å². The molecule has 1 atom stereocenters. The summed E-state index contributed by atoms with van der Waals surface area (Å²) in [6, 6.07) is 7.15. The van der Waals surface area contributed by atoms with Gasteiger partial charge in [0.15, 0.2) is 0 Å². The first-order valence-electron chi connectivity index (χ1n) is 10.4. The molecule has 1 aliphatic rings. The number of nitrogens with zero attached hydrogens (tertiary/aromatic N) is 3. The van der Waals surface area contributed by atoms with Crippen molar-refractivity contribution in [2.24, 2.45) is 11.3 Å². The lowest BCUT2D eigenvalue weighted by molar-refractivity contribution is 0.162. The smallest absolute Gasteiger partial charge is 0.362 e. The van der Waals surface area contributed by atoms with Crippen molar-refractivity contribution in [2.75, 3.05) is 0 Å². The van der Waals surface area contributed by atoms with Crippen molar-refractivity contribution in [3.05, 3.63) is 62.4 Å². The molecule has 1 unspecified atom stereocenters. The van der Waals surface area contributed by atoms with Gasteiger partial charge in [0.25, 0.3) is 5.56 Å². The summed E-state index contributed by atoms with van der Waals surface area (Å²) in [5.41, 5.74) is -1.50. The molecule has 2 aromatic carbocycles. The van der Waals surface area contributed by atoms with Crippen molar-refractivity contribution in [1.82, 2.24) is 19.5 Å². The van der Waals surface area contributed by atoms with Gasteiger partial charge in [0.1, 0.15) is 0 Å². The summed E-state index contributed by atoms with van der Waals surface area (Å²) in [5, 5.41) is 14.5. The highest BCUT2D eigenvalue weighted by Gasteiger charge is 2.44. The lowest BCUT2D eigenvalue weighted by Crippen LogP contribution is -2.33. The van der Waals surface area contributed by atoms with Gasteiger partial charge in [-0.2, -0.15) is 5.10 Å². The largest absolute Gasteiger partial charge is 0.421 e. The number of hydrogen-bond acceptors (Lipinski definition) is 6. The van der Waals surface area contributed by atoms with Gasteiger partial charge in [-0.3, -0.25) is 9.48 Å². The molecule has 0 spiro atoms. The van der Waals surface area contributed by atoms with Gasteiger partial charge in [0.2, 0.25) is 9.84 Å². The second-order valence-corrected chi connectivity index (χ2v) is 11.4. The molecule has 0 amide bonds. The van der Waals surface area contributed by atoms with Crippen molar-refractivity contribution in [3.63, 3.8) is 0 Å². The summed E-state index contributed by atoms with van der Waals surface area (Å²) in [5.74, 6) is 0.622. The number of sulfone groups is 1. The number of aromatic amines is 1. The Morgan fingerprint density at radius 1 is 1.24 bits per heavy atom. The molecule has 9 nitrogen and oxygen atoms in total. The van der Waals surface area contributed by atoms with Gasteiger partial charge in [-0.15, -0.1) is 0 Å². The normalized spacial score (nSPS) is 17.6. The number of hydrogen-bond donors (Lipinski definition) is 2. The molecule has 0 saturated heterocycles. The van der Waals surface area contributed by atoms with E-state index in [2.05, 4.69) is 23.9 Å². The minimum Gasteiger partial charge on any atom is -0.421 e. The number of benzene rings is 2. The summed E-state index contributed by atoms with van der Waals surface area (Å²) < 4.78 is 28.7. The fourth-order valence-corrected chi connectivity index (χ4v) is 6.02. The zero-order valence-corrected chi connectivity index (χ0v) is 19.4. The van der Waals surface area contributed by atoms with Gasteiger partial charge >= 0.3 is 5.69 Å². The van der Waals surface area contributed by atoms with Gasteiger partial charge in [-0.1, -0.05) is 30.2 Å². The zero-order chi connectivity index (χ0) is 23.7. The molecule has 2 N–H and O–H groups in total. The van der Waals surface area contributed by atoms with E-state index in [1.807, 2.05) is 0 Å². The molecular weight excluding hydrogens is 468 g/mol. The number of fused-ring (bicyclic) bond motifs is 2. The third-order valence-electron chi connectivity index (χ3n) is 6.57. The van der Waals surface area contributed by atoms with Crippen molar-refractivity contribution in [3.8, 4) is 0 Å². The standard InChI is InChI=1S/C22H21ClN4O5S/c1-22(2)10-13(22)7-8-26-16-9-14(4-3-12(16)11-24-26)33(31,32)17-6-5-15(23)18-19(17)25-21(29)27(30)20(18)28/h3-6,9,11,13,30H,7-8,10H2,1-2H3,(H,25,29). The molecule has 1 fully saturated rings. The lowest BCUT2D eigenvalue weighted by Gasteiger charge is -2.10. The van der Waals surface area contributed by atoms with Crippen molar-refractivity contribution >= 4 is 43.2 Å². The first-order valence-corrected chi connectivity index (χ1v) is 12.2. The number of aromatic nitrogens is 4. The van der Waals surface area contributed by atoms with Crippen molar-refractivity contribution in [2.45, 2.75) is 43.0 Å². The molecule has 4 aromatic rings. The zero-order valence-electron chi connectivity index (χ0n) is 17.9. The summed E-state index contributed by atoms with van der Waals surface area (Å²) >= 11 is 6.07. The average molecular weight is 489 g/mol. The molecule has 1 aliphatic carbocycles. The van der Waals surface area contributed by atoms with Crippen LogP contribution in [0.3, 0.4) is 0 Å². The number of nitrogens with one attached hydrogen (secondary N) is 1. The predicted octanol–water partition coefficient (Wildman–Crippen LogP) is 3.20. The van der Waals surface area contributed by atoms with Crippen molar-refractivity contribution < 1.29 is 13.6 Å². The maximum Gasteiger partial charge on any atom is 0.362 e. The lowest BCUT2D eigenvalue weighted by atomic mass is 10.1. The molecular formula is C22H21ClN4O5S. The van der Waals surface area contributed by atoms with Crippen LogP contribution < -0.4 is 11.2 Å². The molecule has 2 heterocycles. The molecule has 2 aromatic heterocycles. The second kappa shape index (κ2) is 7.19. The maximum absolute atomic E-state index is 13.5. The Morgan fingerprint density at radius 3 is 2.67 bits per heavy atom. The van der Waals surface area contributed by atoms with Crippen LogP contribution in [0, 0.1) is 11.3 Å². The van der Waals surface area contributed by atoms with E-state index >= 15 is 0 Å². The Morgan fingerprint density at radius 2 is 1.97 bits per heavy atom. The van der Waals surface area contributed by atoms with Crippen LogP contribution in [0.25, 0.3) is 21.8 Å². The van der Waals surface area contributed by atoms with Gasteiger partial charge in [-0.05, 0) is 54.5 Å². The van der Waals surface area contributed by atoms with Gasteiger partial charge in [-0.25, -0.2) is 13.2 Å². The Kier molecular flexibility index (Phi) is 4.74. The summed E-state index contributed by atoms with van der Waals surface area (Å²) in [6.45, 7) is 5.14. The van der Waals surface area contributed by atoms with Crippen LogP contribution in [0.4, 0.5) is 0 Å². The predicted molar refractivity (Wildman–Crippen MR) is 123 cm³/mol. The molecule has 1 saturated carbocycles. The van der Waals surface area contributed by atoms with E-state index in [1.165, 1.54) is 24.6 Å². The van der Waals surface area contributed by atoms with E-state index in [0.717, 1.165) is 11.8 Å². The van der Waals surface area contributed by atoms with Crippen LogP contribution in [0.2, 0.25) is 5.02 Å². The molecule has 11 heteroatoms. The molecule has 0 aliphatic heterocycles. The third kappa shape index (κ3) is 3.44. The maximum atomic E-state index is 13.5. The molecule has 0 bridgehead atoms. The SMILES string of the molecule is CC1(C)CC1CCn1ncc2ccc(S(=O)(=O)c3ccc(Cl)c4c(=O)n(O)c(=O)[nH]c34)cc21. The van der Waals surface area contributed by atoms with Crippen molar-refractivity contribution in [1.29, 1.82) is 0 Å². The van der Waals surface area contributed by atoms with Gasteiger partial charge in [0, 0.05) is 11.9 Å². The van der Waals surface area contributed by atoms with Crippen LogP contribution in [0.5, 0.6) is 0 Å². The number of halogens is 1. The summed E-state index contributed by atoms with van der Waals surface area (Å²) in [6.07, 6.45) is 3.82. The quantitative estimate of drug-likeness (QED) is 0.415. The molecule has 33 heavy (non-hydrogen) atoms. The Hall–Kier alpha value is -3.11. The van der Waals surface area contributed by atoms with E-state index in [1.54, 1.807) is 23.0 Å². The average Bonchev–Trinajstić information content (AvgIpc) is 3.18. The Labute approximate surface area is 193 Å². The van der Waals surface area contributed by atoms with E-state index < -0.39 is 21.1 Å². The van der Waals surface area contributed by atoms with Gasteiger partial charge < -0.3 is 10.2 Å². The summed E-state index contributed by atoms with van der Waals surface area (Å²) in [7, 11) is -4.15. The van der Waals surface area contributed by atoms with E-state index in [0.29, 0.717) is 23.4 Å².